The van der Waals surface area contributed by atoms with Gasteiger partial charge in [0, 0.05) is 40.0 Å². The Morgan fingerprint density at radius 1 is 1.57 bits per heavy atom. The van der Waals surface area contributed by atoms with Gasteiger partial charge in [0.05, 0.1) is 25.5 Å². The average molecular weight is 296 g/mol. The Labute approximate surface area is 125 Å². The number of likely N-dealkylation sites (N-methyl/N-ethyl adjacent to an activating group) is 1. The van der Waals surface area contributed by atoms with Crippen molar-refractivity contribution in [3.63, 3.8) is 0 Å². The fourth-order valence-electron chi connectivity index (χ4n) is 2.35. The van der Waals surface area contributed by atoms with Crippen molar-refractivity contribution in [2.75, 3.05) is 47.0 Å². The third-order valence-electron chi connectivity index (χ3n) is 3.70. The Kier molecular flexibility index (Phi) is 5.72. The molecule has 2 heterocycles. The smallest absolute Gasteiger partial charge is 0.253 e. The number of amides is 1. The molecule has 0 aromatic carbocycles. The van der Waals surface area contributed by atoms with E-state index in [4.69, 9.17) is 9.47 Å². The molecule has 2 rings (SSSR count). The third kappa shape index (κ3) is 4.26. The summed E-state index contributed by atoms with van der Waals surface area (Å²) in [5.41, 5.74) is 0.989. The van der Waals surface area contributed by atoms with Crippen molar-refractivity contribution in [2.45, 2.75) is 12.6 Å². The van der Waals surface area contributed by atoms with Gasteiger partial charge in [-0.05, 0) is 13.1 Å². The zero-order chi connectivity index (χ0) is 15.2. The first-order valence-electron chi connectivity index (χ1n) is 7.16. The number of nitrogens with zero attached hydrogens (tertiary/aromatic N) is 4. The molecule has 1 amide bonds. The number of carbonyl (C=O) groups excluding carboxylic acids is 1. The minimum Gasteiger partial charge on any atom is -0.383 e. The number of hydrogen-bond donors (Lipinski definition) is 0. The fourth-order valence-corrected chi connectivity index (χ4v) is 2.35. The molecular weight excluding hydrogens is 272 g/mol. The number of ether oxygens (including phenoxy) is 2. The van der Waals surface area contributed by atoms with Crippen LogP contribution in [-0.2, 0) is 27.9 Å². The van der Waals surface area contributed by atoms with E-state index in [1.165, 1.54) is 0 Å². The summed E-state index contributed by atoms with van der Waals surface area (Å²) in [7, 11) is 5.51. The molecular formula is C14H24N4O3. The lowest BCUT2D eigenvalue weighted by atomic mass is 10.2. The maximum Gasteiger partial charge on any atom is 0.253 e. The molecule has 1 aliphatic heterocycles. The van der Waals surface area contributed by atoms with Crippen molar-refractivity contribution >= 4 is 5.91 Å². The molecule has 0 spiro atoms. The Hall–Kier alpha value is -1.44. The van der Waals surface area contributed by atoms with Crippen LogP contribution in [0.15, 0.2) is 12.3 Å². The molecule has 1 unspecified atom stereocenters. The molecule has 1 aromatic rings. The van der Waals surface area contributed by atoms with Gasteiger partial charge in [-0.25, -0.2) is 0 Å². The summed E-state index contributed by atoms with van der Waals surface area (Å²) in [4.78, 5) is 16.6. The molecule has 1 aliphatic rings. The lowest BCUT2D eigenvalue weighted by Crippen LogP contribution is -2.50. The van der Waals surface area contributed by atoms with Gasteiger partial charge < -0.3 is 19.3 Å². The standard InChI is InChI=1S/C14H24N4O3/c1-16-6-9-21-13(11-16)14(19)18(7-8-20-3)10-12-4-5-15-17(12)2/h4-5,13H,6-11H2,1-3H3. The second-order valence-corrected chi connectivity index (χ2v) is 5.32. The van der Waals surface area contributed by atoms with E-state index in [0.717, 1.165) is 12.2 Å². The summed E-state index contributed by atoms with van der Waals surface area (Å²) < 4.78 is 12.5. The minimum atomic E-state index is -0.395. The van der Waals surface area contributed by atoms with E-state index in [1.807, 2.05) is 20.2 Å². The van der Waals surface area contributed by atoms with E-state index >= 15 is 0 Å². The SMILES string of the molecule is COCCN(Cc1ccnn1C)C(=O)C1CN(C)CCO1. The van der Waals surface area contributed by atoms with Gasteiger partial charge in [-0.3, -0.25) is 9.48 Å². The number of methoxy groups -OCH3 is 1. The van der Waals surface area contributed by atoms with Gasteiger partial charge in [-0.2, -0.15) is 5.10 Å². The van der Waals surface area contributed by atoms with Gasteiger partial charge in [0.2, 0.25) is 0 Å². The van der Waals surface area contributed by atoms with Crippen molar-refractivity contribution in [3.8, 4) is 0 Å². The molecule has 118 valence electrons. The van der Waals surface area contributed by atoms with Crippen molar-refractivity contribution in [3.05, 3.63) is 18.0 Å². The predicted molar refractivity (Wildman–Crippen MR) is 77.7 cm³/mol. The van der Waals surface area contributed by atoms with Crippen LogP contribution >= 0.6 is 0 Å². The zero-order valence-corrected chi connectivity index (χ0v) is 13.0. The van der Waals surface area contributed by atoms with Crippen LogP contribution in [0.25, 0.3) is 0 Å². The highest BCUT2D eigenvalue weighted by Crippen LogP contribution is 2.10. The summed E-state index contributed by atoms with van der Waals surface area (Å²) in [6.45, 7) is 3.66. The monoisotopic (exact) mass is 296 g/mol. The second kappa shape index (κ2) is 7.53. The Bertz CT molecular complexity index is 463. The summed E-state index contributed by atoms with van der Waals surface area (Å²) in [5, 5.41) is 4.14. The predicted octanol–water partition coefficient (Wildman–Crippen LogP) is -0.274. The van der Waals surface area contributed by atoms with E-state index < -0.39 is 6.10 Å². The largest absolute Gasteiger partial charge is 0.383 e. The molecule has 1 fully saturated rings. The molecule has 1 saturated heterocycles. The lowest BCUT2D eigenvalue weighted by molar-refractivity contribution is -0.150. The first-order valence-corrected chi connectivity index (χ1v) is 7.16. The number of rotatable bonds is 6. The topological polar surface area (TPSA) is 59.8 Å². The Morgan fingerprint density at radius 2 is 2.38 bits per heavy atom. The first kappa shape index (κ1) is 15.9. The molecule has 7 nitrogen and oxygen atoms in total. The summed E-state index contributed by atoms with van der Waals surface area (Å²) in [6.07, 6.45) is 1.34. The third-order valence-corrected chi connectivity index (χ3v) is 3.70. The van der Waals surface area contributed by atoms with E-state index in [2.05, 4.69) is 10.00 Å². The second-order valence-electron chi connectivity index (χ2n) is 5.32. The number of aromatic nitrogens is 2. The number of morpholine rings is 1. The highest BCUT2D eigenvalue weighted by Gasteiger charge is 2.29. The number of carbonyl (C=O) groups is 1. The highest BCUT2D eigenvalue weighted by atomic mass is 16.5. The van der Waals surface area contributed by atoms with Gasteiger partial charge in [-0.1, -0.05) is 0 Å². The van der Waals surface area contributed by atoms with Crippen molar-refractivity contribution in [1.82, 2.24) is 19.6 Å². The molecule has 21 heavy (non-hydrogen) atoms. The first-order chi connectivity index (χ1) is 10.1. The van der Waals surface area contributed by atoms with E-state index in [-0.39, 0.29) is 5.91 Å². The molecule has 0 saturated carbocycles. The molecule has 7 heteroatoms. The van der Waals surface area contributed by atoms with Crippen molar-refractivity contribution in [2.24, 2.45) is 7.05 Å². The normalized spacial score (nSPS) is 19.7. The number of aryl methyl sites for hydroxylation is 1. The van der Waals surface area contributed by atoms with Gasteiger partial charge in [-0.15, -0.1) is 0 Å². The van der Waals surface area contributed by atoms with Crippen molar-refractivity contribution in [1.29, 1.82) is 0 Å². The van der Waals surface area contributed by atoms with E-state index in [1.54, 1.807) is 22.9 Å². The maximum atomic E-state index is 12.7. The van der Waals surface area contributed by atoms with Gasteiger partial charge in [0.25, 0.3) is 5.91 Å². The van der Waals surface area contributed by atoms with Crippen LogP contribution in [0.2, 0.25) is 0 Å². The van der Waals surface area contributed by atoms with Crippen LogP contribution in [-0.4, -0.2) is 78.6 Å². The highest BCUT2D eigenvalue weighted by molar-refractivity contribution is 5.81. The Morgan fingerprint density at radius 3 is 3.00 bits per heavy atom. The molecule has 1 atom stereocenters. The summed E-state index contributed by atoms with van der Waals surface area (Å²) >= 11 is 0. The number of hydrogen-bond acceptors (Lipinski definition) is 5. The lowest BCUT2D eigenvalue weighted by Gasteiger charge is -2.33. The van der Waals surface area contributed by atoms with Crippen LogP contribution in [0.1, 0.15) is 5.69 Å². The Balaban J connectivity index is 2.03. The minimum absolute atomic E-state index is 0.0137. The summed E-state index contributed by atoms with van der Waals surface area (Å²) in [6, 6.07) is 1.92. The van der Waals surface area contributed by atoms with Crippen LogP contribution in [0.5, 0.6) is 0 Å². The molecule has 1 aromatic heterocycles. The zero-order valence-electron chi connectivity index (χ0n) is 13.0. The molecule has 0 radical (unpaired) electrons. The van der Waals surface area contributed by atoms with Crippen LogP contribution in [0.3, 0.4) is 0 Å². The van der Waals surface area contributed by atoms with Gasteiger partial charge in [0.1, 0.15) is 6.10 Å². The van der Waals surface area contributed by atoms with Gasteiger partial charge in [0.15, 0.2) is 0 Å². The van der Waals surface area contributed by atoms with E-state index in [9.17, 15) is 4.79 Å². The summed E-state index contributed by atoms with van der Waals surface area (Å²) in [5.74, 6) is 0.0137. The average Bonchev–Trinajstić information content (AvgIpc) is 2.88. The maximum absolute atomic E-state index is 12.7. The fraction of sp³-hybridized carbons (Fsp3) is 0.714. The van der Waals surface area contributed by atoms with Crippen LogP contribution in [0.4, 0.5) is 0 Å². The van der Waals surface area contributed by atoms with Gasteiger partial charge >= 0.3 is 0 Å². The van der Waals surface area contributed by atoms with Crippen LogP contribution in [0, 0.1) is 0 Å². The van der Waals surface area contributed by atoms with Crippen LogP contribution < -0.4 is 0 Å². The molecule has 0 bridgehead atoms. The molecule has 0 N–H and O–H groups in total. The quantitative estimate of drug-likeness (QED) is 0.723. The molecule has 0 aliphatic carbocycles. The van der Waals surface area contributed by atoms with E-state index in [0.29, 0.717) is 32.8 Å². The van der Waals surface area contributed by atoms with Crippen molar-refractivity contribution < 1.29 is 14.3 Å².